The van der Waals surface area contributed by atoms with E-state index in [9.17, 15) is 4.39 Å². The first-order chi connectivity index (χ1) is 9.02. The van der Waals surface area contributed by atoms with Crippen molar-refractivity contribution in [3.63, 3.8) is 0 Å². The maximum absolute atomic E-state index is 13.4. The minimum absolute atomic E-state index is 0.0209. The SMILES string of the molecule is COc1ncnc(Oc2cc(F)c(Cl)cc2Br)c1N. The van der Waals surface area contributed by atoms with Crippen molar-refractivity contribution in [2.75, 3.05) is 12.8 Å². The van der Waals surface area contributed by atoms with Crippen molar-refractivity contribution in [3.8, 4) is 17.5 Å². The molecule has 0 unspecified atom stereocenters. The Morgan fingerprint density at radius 1 is 1.32 bits per heavy atom. The van der Waals surface area contributed by atoms with E-state index in [0.717, 1.165) is 6.07 Å². The molecule has 5 nitrogen and oxygen atoms in total. The molecule has 0 saturated heterocycles. The predicted molar refractivity (Wildman–Crippen MR) is 72.2 cm³/mol. The van der Waals surface area contributed by atoms with Gasteiger partial charge in [0, 0.05) is 6.07 Å². The molecule has 0 radical (unpaired) electrons. The van der Waals surface area contributed by atoms with Gasteiger partial charge in [-0.15, -0.1) is 0 Å². The van der Waals surface area contributed by atoms with Gasteiger partial charge < -0.3 is 15.2 Å². The molecule has 19 heavy (non-hydrogen) atoms. The van der Waals surface area contributed by atoms with E-state index in [1.54, 1.807) is 0 Å². The molecule has 2 N–H and O–H groups in total. The lowest BCUT2D eigenvalue weighted by atomic mass is 10.3. The molecule has 0 aliphatic rings. The van der Waals surface area contributed by atoms with E-state index >= 15 is 0 Å². The van der Waals surface area contributed by atoms with Crippen molar-refractivity contribution in [2.45, 2.75) is 0 Å². The molecule has 1 aromatic heterocycles. The summed E-state index contributed by atoms with van der Waals surface area (Å²) in [6, 6.07) is 2.50. The van der Waals surface area contributed by atoms with Gasteiger partial charge in [0.15, 0.2) is 5.69 Å². The highest BCUT2D eigenvalue weighted by molar-refractivity contribution is 9.10. The van der Waals surface area contributed by atoms with Crippen molar-refractivity contribution < 1.29 is 13.9 Å². The predicted octanol–water partition coefficient (Wildman–Crippen LogP) is 3.41. The van der Waals surface area contributed by atoms with Crippen LogP contribution in [0.5, 0.6) is 17.5 Å². The van der Waals surface area contributed by atoms with Crippen molar-refractivity contribution in [1.82, 2.24) is 9.97 Å². The number of methoxy groups -OCH3 is 1. The third-order valence-corrected chi connectivity index (χ3v) is 3.09. The lowest BCUT2D eigenvalue weighted by Crippen LogP contribution is -2.01. The fraction of sp³-hybridized carbons (Fsp3) is 0.0909. The molecule has 2 aromatic rings. The van der Waals surface area contributed by atoms with E-state index in [2.05, 4.69) is 25.9 Å². The van der Waals surface area contributed by atoms with E-state index in [0.29, 0.717) is 4.47 Å². The van der Waals surface area contributed by atoms with Gasteiger partial charge in [0.05, 0.1) is 16.6 Å². The van der Waals surface area contributed by atoms with Gasteiger partial charge in [-0.3, -0.25) is 0 Å². The molecular weight excluding hydrogens is 340 g/mol. The summed E-state index contributed by atoms with van der Waals surface area (Å²) in [6.07, 6.45) is 1.23. The van der Waals surface area contributed by atoms with Crippen LogP contribution < -0.4 is 15.2 Å². The number of benzene rings is 1. The van der Waals surface area contributed by atoms with Gasteiger partial charge in [-0.2, -0.15) is 9.97 Å². The molecule has 1 heterocycles. The Balaban J connectivity index is 2.39. The Bertz CT molecular complexity index is 627. The van der Waals surface area contributed by atoms with E-state index in [1.807, 2.05) is 0 Å². The zero-order chi connectivity index (χ0) is 14.0. The monoisotopic (exact) mass is 347 g/mol. The van der Waals surface area contributed by atoms with Crippen LogP contribution in [0.4, 0.5) is 10.1 Å². The first-order valence-corrected chi connectivity index (χ1v) is 6.17. The van der Waals surface area contributed by atoms with Crippen molar-refractivity contribution >= 4 is 33.2 Å². The highest BCUT2D eigenvalue weighted by Crippen LogP contribution is 2.36. The van der Waals surface area contributed by atoms with E-state index < -0.39 is 5.82 Å². The molecule has 0 fully saturated rings. The molecule has 0 bridgehead atoms. The Morgan fingerprint density at radius 3 is 2.68 bits per heavy atom. The molecule has 0 aliphatic carbocycles. The first-order valence-electron chi connectivity index (χ1n) is 4.99. The lowest BCUT2D eigenvalue weighted by Gasteiger charge is -2.10. The molecule has 8 heteroatoms. The largest absolute Gasteiger partial charge is 0.479 e. The fourth-order valence-corrected chi connectivity index (χ4v) is 2.01. The second kappa shape index (κ2) is 5.58. The summed E-state index contributed by atoms with van der Waals surface area (Å²) in [6.45, 7) is 0. The van der Waals surface area contributed by atoms with Crippen LogP contribution in [0, 0.1) is 5.82 Å². The van der Waals surface area contributed by atoms with Crippen LogP contribution in [-0.4, -0.2) is 17.1 Å². The first kappa shape index (κ1) is 13.8. The molecule has 0 amide bonds. The number of nitrogen functional groups attached to an aromatic ring is 1. The summed E-state index contributed by atoms with van der Waals surface area (Å²) in [5.41, 5.74) is 5.87. The topological polar surface area (TPSA) is 70.3 Å². The summed E-state index contributed by atoms with van der Waals surface area (Å²) in [7, 11) is 1.42. The van der Waals surface area contributed by atoms with Gasteiger partial charge >= 0.3 is 0 Å². The van der Waals surface area contributed by atoms with E-state index in [4.69, 9.17) is 26.8 Å². The summed E-state index contributed by atoms with van der Waals surface area (Å²) >= 11 is 8.84. The van der Waals surface area contributed by atoms with Crippen LogP contribution in [-0.2, 0) is 0 Å². The van der Waals surface area contributed by atoms with Gasteiger partial charge in [0.1, 0.15) is 17.9 Å². The molecule has 2 rings (SSSR count). The van der Waals surface area contributed by atoms with Crippen LogP contribution in [0.25, 0.3) is 0 Å². The summed E-state index contributed by atoms with van der Waals surface area (Å²) < 4.78 is 24.2. The summed E-state index contributed by atoms with van der Waals surface area (Å²) in [5, 5.41) is -0.0209. The average molecular weight is 349 g/mol. The van der Waals surface area contributed by atoms with Gasteiger partial charge in [0.25, 0.3) is 0 Å². The third-order valence-electron chi connectivity index (χ3n) is 2.19. The molecular formula is C11H8BrClFN3O2. The molecule has 100 valence electrons. The Morgan fingerprint density at radius 2 is 2.00 bits per heavy atom. The van der Waals surface area contributed by atoms with Crippen molar-refractivity contribution in [3.05, 3.63) is 33.8 Å². The molecule has 0 atom stereocenters. The van der Waals surface area contributed by atoms with Crippen LogP contribution in [0.1, 0.15) is 0 Å². The maximum atomic E-state index is 13.4. The Kier molecular flexibility index (Phi) is 4.06. The number of rotatable bonds is 3. The Hall–Kier alpha value is -1.60. The van der Waals surface area contributed by atoms with Gasteiger partial charge in [-0.05, 0) is 22.0 Å². The van der Waals surface area contributed by atoms with E-state index in [1.165, 1.54) is 19.5 Å². The van der Waals surface area contributed by atoms with Crippen LogP contribution >= 0.6 is 27.5 Å². The minimum Gasteiger partial charge on any atom is -0.479 e. The summed E-state index contributed by atoms with van der Waals surface area (Å²) in [5.74, 6) is -0.182. The number of nitrogens with zero attached hydrogens (tertiary/aromatic N) is 2. The van der Waals surface area contributed by atoms with E-state index in [-0.39, 0.29) is 28.2 Å². The zero-order valence-corrected chi connectivity index (χ0v) is 12.0. The second-order valence-electron chi connectivity index (χ2n) is 3.40. The third kappa shape index (κ3) is 2.87. The molecule has 0 spiro atoms. The van der Waals surface area contributed by atoms with Crippen LogP contribution in [0.3, 0.4) is 0 Å². The number of hydrogen-bond acceptors (Lipinski definition) is 5. The quantitative estimate of drug-likeness (QED) is 0.861. The molecule has 1 aromatic carbocycles. The summed E-state index contributed by atoms with van der Waals surface area (Å²) in [4.78, 5) is 7.67. The highest BCUT2D eigenvalue weighted by atomic mass is 79.9. The highest BCUT2D eigenvalue weighted by Gasteiger charge is 2.14. The van der Waals surface area contributed by atoms with Gasteiger partial charge in [-0.25, -0.2) is 4.39 Å². The fourth-order valence-electron chi connectivity index (χ4n) is 1.29. The second-order valence-corrected chi connectivity index (χ2v) is 4.66. The number of aromatic nitrogens is 2. The van der Waals surface area contributed by atoms with Gasteiger partial charge in [0.2, 0.25) is 11.8 Å². The number of ether oxygens (including phenoxy) is 2. The standard InChI is InChI=1S/C11H8BrClFN3O2/c1-18-10-9(15)11(17-4-16-10)19-8-3-7(14)6(13)2-5(8)12/h2-4H,15H2,1H3. The number of anilines is 1. The van der Waals surface area contributed by atoms with Crippen molar-refractivity contribution in [1.29, 1.82) is 0 Å². The van der Waals surface area contributed by atoms with Crippen LogP contribution in [0.15, 0.2) is 22.9 Å². The lowest BCUT2D eigenvalue weighted by molar-refractivity contribution is 0.391. The zero-order valence-electron chi connectivity index (χ0n) is 9.65. The number of nitrogens with two attached hydrogens (primary N) is 1. The maximum Gasteiger partial charge on any atom is 0.249 e. The smallest absolute Gasteiger partial charge is 0.249 e. The Labute approximate surface area is 121 Å². The molecule has 0 saturated carbocycles. The number of halogens is 3. The normalized spacial score (nSPS) is 10.3. The van der Waals surface area contributed by atoms with Gasteiger partial charge in [-0.1, -0.05) is 11.6 Å². The van der Waals surface area contributed by atoms with Crippen molar-refractivity contribution in [2.24, 2.45) is 0 Å². The average Bonchev–Trinajstić information content (AvgIpc) is 2.38. The minimum atomic E-state index is -0.612. The number of hydrogen-bond donors (Lipinski definition) is 1. The van der Waals surface area contributed by atoms with Crippen LogP contribution in [0.2, 0.25) is 5.02 Å². The molecule has 0 aliphatic heterocycles.